The second-order valence-electron chi connectivity index (χ2n) is 7.22. The first kappa shape index (κ1) is 23.2. The normalized spacial score (nSPS) is 11.8. The lowest BCUT2D eigenvalue weighted by atomic mass is 10.1. The van der Waals surface area contributed by atoms with Gasteiger partial charge in [-0.05, 0) is 25.0 Å². The molecule has 0 unspecified atom stereocenters. The van der Waals surface area contributed by atoms with Crippen LogP contribution in [-0.2, 0) is 23.5 Å². The van der Waals surface area contributed by atoms with Crippen molar-refractivity contribution in [2.24, 2.45) is 7.05 Å². The van der Waals surface area contributed by atoms with Gasteiger partial charge in [0, 0.05) is 43.8 Å². The lowest BCUT2D eigenvalue weighted by molar-refractivity contribution is 0.0946. The van der Waals surface area contributed by atoms with Crippen molar-refractivity contribution in [1.29, 1.82) is 0 Å². The van der Waals surface area contributed by atoms with E-state index in [-0.39, 0.29) is 10.8 Å². The van der Waals surface area contributed by atoms with Gasteiger partial charge < -0.3 is 9.88 Å². The molecule has 0 atom stereocenters. The average Bonchev–Trinajstić information content (AvgIpc) is 3.35. The van der Waals surface area contributed by atoms with Crippen LogP contribution in [-0.4, -0.2) is 47.8 Å². The monoisotopic (exact) mass is 460 g/mol. The fourth-order valence-corrected chi connectivity index (χ4v) is 5.51. The number of aryl methyl sites for hydroxylation is 2. The van der Waals surface area contributed by atoms with E-state index in [2.05, 4.69) is 10.3 Å². The van der Waals surface area contributed by atoms with E-state index in [0.29, 0.717) is 31.7 Å². The molecule has 1 N–H and O–H groups in total. The van der Waals surface area contributed by atoms with Crippen molar-refractivity contribution >= 4 is 27.3 Å². The van der Waals surface area contributed by atoms with Gasteiger partial charge in [-0.1, -0.05) is 38.1 Å². The molecule has 0 aliphatic rings. The Morgan fingerprint density at radius 1 is 1.19 bits per heavy atom. The van der Waals surface area contributed by atoms with Crippen LogP contribution in [0.25, 0.3) is 11.3 Å². The molecule has 0 aliphatic carbocycles. The van der Waals surface area contributed by atoms with Crippen LogP contribution in [0.2, 0.25) is 0 Å². The minimum Gasteiger partial charge on any atom is -0.350 e. The summed E-state index contributed by atoms with van der Waals surface area (Å²) in [5, 5.41) is 5.96. The molecule has 2 heterocycles. The first-order valence-electron chi connectivity index (χ1n) is 10.2. The van der Waals surface area contributed by atoms with Crippen LogP contribution in [0.15, 0.2) is 46.8 Å². The zero-order valence-electron chi connectivity index (χ0n) is 18.3. The smallest absolute Gasteiger partial charge is 0.267 e. The van der Waals surface area contributed by atoms with Crippen molar-refractivity contribution in [3.8, 4) is 11.3 Å². The van der Waals surface area contributed by atoms with Crippen molar-refractivity contribution in [2.75, 3.05) is 19.6 Å². The Balaban J connectivity index is 1.61. The summed E-state index contributed by atoms with van der Waals surface area (Å²) in [6.07, 6.45) is 2.17. The number of aromatic nitrogens is 2. The number of hydrogen-bond donors (Lipinski definition) is 1. The van der Waals surface area contributed by atoms with Crippen LogP contribution in [0.1, 0.15) is 34.9 Å². The van der Waals surface area contributed by atoms with Gasteiger partial charge in [-0.25, -0.2) is 13.4 Å². The number of thiazole rings is 1. The molecule has 0 fully saturated rings. The molecule has 0 saturated carbocycles. The molecule has 166 valence electrons. The summed E-state index contributed by atoms with van der Waals surface area (Å²) in [5.41, 5.74) is 3.47. The van der Waals surface area contributed by atoms with E-state index in [9.17, 15) is 13.2 Å². The van der Waals surface area contributed by atoms with E-state index < -0.39 is 10.0 Å². The Morgan fingerprint density at radius 2 is 1.87 bits per heavy atom. The Kier molecular flexibility index (Phi) is 7.30. The summed E-state index contributed by atoms with van der Waals surface area (Å²) in [6, 6.07) is 9.58. The third-order valence-corrected chi connectivity index (χ3v) is 7.91. The quantitative estimate of drug-likeness (QED) is 0.530. The van der Waals surface area contributed by atoms with Gasteiger partial charge in [0.15, 0.2) is 0 Å². The van der Waals surface area contributed by atoms with Gasteiger partial charge in [-0.2, -0.15) is 4.31 Å². The van der Waals surface area contributed by atoms with Gasteiger partial charge in [0.2, 0.25) is 10.0 Å². The van der Waals surface area contributed by atoms with Crippen molar-refractivity contribution in [3.63, 3.8) is 0 Å². The number of carbonyl (C=O) groups is 1. The lowest BCUT2D eigenvalue weighted by Crippen LogP contribution is -2.30. The number of nitrogens with zero attached hydrogens (tertiary/aromatic N) is 3. The number of hydrogen-bond acceptors (Lipinski definition) is 5. The summed E-state index contributed by atoms with van der Waals surface area (Å²) in [6.45, 7) is 6.80. The zero-order chi connectivity index (χ0) is 22.6. The predicted molar refractivity (Wildman–Crippen MR) is 124 cm³/mol. The molecule has 0 radical (unpaired) electrons. The van der Waals surface area contributed by atoms with Gasteiger partial charge in [0.1, 0.15) is 10.6 Å². The summed E-state index contributed by atoms with van der Waals surface area (Å²) in [7, 11) is -1.92. The number of nitrogens with one attached hydrogen (secondary N) is 1. The summed E-state index contributed by atoms with van der Waals surface area (Å²) in [5.74, 6) is -0.293. The van der Waals surface area contributed by atoms with E-state index >= 15 is 0 Å². The third-order valence-electron chi connectivity index (χ3n) is 5.12. The van der Waals surface area contributed by atoms with Crippen LogP contribution in [0.5, 0.6) is 0 Å². The summed E-state index contributed by atoms with van der Waals surface area (Å²) < 4.78 is 28.3. The Hall–Kier alpha value is -2.49. The molecule has 1 amide bonds. The molecule has 31 heavy (non-hydrogen) atoms. The number of sulfonamides is 1. The lowest BCUT2D eigenvalue weighted by Gasteiger charge is -2.17. The Bertz CT molecular complexity index is 1140. The number of benzene rings is 1. The SMILES string of the molecule is CCN(CC)S(=O)(=O)c1cc(C(=O)NCCc2ccc(-c3csc(C)n3)cc2)n(C)c1. The molecule has 1 aromatic carbocycles. The fourth-order valence-electron chi connectivity index (χ4n) is 3.36. The van der Waals surface area contributed by atoms with E-state index in [4.69, 9.17) is 0 Å². The molecule has 0 bridgehead atoms. The maximum absolute atomic E-state index is 12.7. The van der Waals surface area contributed by atoms with Gasteiger partial charge in [0.05, 0.1) is 10.7 Å². The molecule has 9 heteroatoms. The van der Waals surface area contributed by atoms with Crippen LogP contribution < -0.4 is 5.32 Å². The molecule has 0 saturated heterocycles. The first-order chi connectivity index (χ1) is 14.8. The highest BCUT2D eigenvalue weighted by Gasteiger charge is 2.25. The molecular formula is C22H28N4O3S2. The largest absolute Gasteiger partial charge is 0.350 e. The third kappa shape index (κ3) is 5.23. The number of carbonyl (C=O) groups excluding carboxylic acids is 1. The van der Waals surface area contributed by atoms with E-state index in [1.807, 2.05) is 36.6 Å². The van der Waals surface area contributed by atoms with Crippen LogP contribution >= 0.6 is 11.3 Å². The van der Waals surface area contributed by atoms with Crippen LogP contribution in [0.4, 0.5) is 0 Å². The van der Waals surface area contributed by atoms with Crippen molar-refractivity contribution in [2.45, 2.75) is 32.1 Å². The highest BCUT2D eigenvalue weighted by molar-refractivity contribution is 7.89. The molecule has 7 nitrogen and oxygen atoms in total. The van der Waals surface area contributed by atoms with Gasteiger partial charge in [0.25, 0.3) is 5.91 Å². The van der Waals surface area contributed by atoms with Crippen molar-refractivity contribution in [1.82, 2.24) is 19.2 Å². The summed E-state index contributed by atoms with van der Waals surface area (Å²) in [4.78, 5) is 17.2. The predicted octanol–water partition coefficient (Wildman–Crippen LogP) is 3.46. The van der Waals surface area contributed by atoms with Gasteiger partial charge in [-0.3, -0.25) is 4.79 Å². The average molecular weight is 461 g/mol. The molecule has 0 spiro atoms. The number of amides is 1. The van der Waals surface area contributed by atoms with E-state index in [1.54, 1.807) is 36.8 Å². The zero-order valence-corrected chi connectivity index (χ0v) is 19.9. The Labute approximate surface area is 187 Å². The standard InChI is InChI=1S/C22H28N4O3S2/c1-5-26(6-2)31(28,29)19-13-21(25(4)14-19)22(27)23-12-11-17-7-9-18(10-8-17)20-15-30-16(3)24-20/h7-10,13-15H,5-6,11-12H2,1-4H3,(H,23,27). The topological polar surface area (TPSA) is 84.3 Å². The molecular weight excluding hydrogens is 432 g/mol. The highest BCUT2D eigenvalue weighted by atomic mass is 32.2. The van der Waals surface area contributed by atoms with E-state index in [0.717, 1.165) is 21.8 Å². The van der Waals surface area contributed by atoms with Crippen LogP contribution in [0, 0.1) is 6.92 Å². The minimum absolute atomic E-state index is 0.136. The highest BCUT2D eigenvalue weighted by Crippen LogP contribution is 2.22. The van der Waals surface area contributed by atoms with Gasteiger partial charge in [-0.15, -0.1) is 11.3 Å². The Morgan fingerprint density at radius 3 is 2.45 bits per heavy atom. The number of rotatable bonds is 9. The van der Waals surface area contributed by atoms with Crippen LogP contribution in [0.3, 0.4) is 0 Å². The summed E-state index contributed by atoms with van der Waals surface area (Å²) >= 11 is 1.63. The molecule has 3 rings (SSSR count). The molecule has 3 aromatic rings. The molecule has 0 aliphatic heterocycles. The minimum atomic E-state index is -3.60. The first-order valence-corrected chi connectivity index (χ1v) is 12.5. The van der Waals surface area contributed by atoms with Crippen molar-refractivity contribution in [3.05, 3.63) is 58.2 Å². The second-order valence-corrected chi connectivity index (χ2v) is 10.2. The maximum Gasteiger partial charge on any atom is 0.267 e. The maximum atomic E-state index is 12.7. The fraction of sp³-hybridized carbons (Fsp3) is 0.364. The molecule has 2 aromatic heterocycles. The van der Waals surface area contributed by atoms with E-state index in [1.165, 1.54) is 16.6 Å². The van der Waals surface area contributed by atoms with Gasteiger partial charge >= 0.3 is 0 Å². The van der Waals surface area contributed by atoms with Crippen molar-refractivity contribution < 1.29 is 13.2 Å². The second kappa shape index (κ2) is 9.76.